The van der Waals surface area contributed by atoms with Crippen LogP contribution in [0.3, 0.4) is 0 Å². The van der Waals surface area contributed by atoms with Crippen molar-refractivity contribution in [3.05, 3.63) is 45.0 Å². The molecule has 0 fully saturated rings. The van der Waals surface area contributed by atoms with Gasteiger partial charge >= 0.3 is 0 Å². The molecule has 4 nitrogen and oxygen atoms in total. The van der Waals surface area contributed by atoms with Gasteiger partial charge in [-0.05, 0) is 46.3 Å². The summed E-state index contributed by atoms with van der Waals surface area (Å²) >= 11 is 6.99. The molecule has 0 aliphatic carbocycles. The minimum Gasteiger partial charge on any atom is -0.460 e. The Bertz CT molecular complexity index is 582. The van der Waals surface area contributed by atoms with Gasteiger partial charge < -0.3 is 20.2 Å². The van der Waals surface area contributed by atoms with Crippen LogP contribution in [0, 0.1) is 0 Å². The van der Waals surface area contributed by atoms with Gasteiger partial charge in [-0.2, -0.15) is 0 Å². The average Bonchev–Trinajstić information content (AvgIpc) is 2.91. The third kappa shape index (κ3) is 7.56. The van der Waals surface area contributed by atoms with Gasteiger partial charge in [-0.3, -0.25) is 0 Å². The Hall–Kier alpha value is -0.0800. The summed E-state index contributed by atoms with van der Waals surface area (Å²) in [6, 6.07) is 9.98. The zero-order valence-electron chi connectivity index (χ0n) is 12.4. The van der Waals surface area contributed by atoms with Crippen molar-refractivity contribution in [2.45, 2.75) is 6.54 Å². The monoisotopic (exact) mass is 488 g/mol. The summed E-state index contributed by atoms with van der Waals surface area (Å²) < 4.78 is 7.88. The maximum atomic E-state index is 8.65. The second-order valence-corrected chi connectivity index (χ2v) is 6.31. The predicted octanol–water partition coefficient (Wildman–Crippen LogP) is 3.99. The van der Waals surface area contributed by atoms with E-state index in [0.29, 0.717) is 13.1 Å². The van der Waals surface area contributed by atoms with Gasteiger partial charge in [-0.1, -0.05) is 15.9 Å². The molecule has 130 valence electrons. The minimum absolute atomic E-state index is 0. The van der Waals surface area contributed by atoms with E-state index in [9.17, 15) is 0 Å². The van der Waals surface area contributed by atoms with Crippen LogP contribution in [0.5, 0.6) is 0 Å². The normalized spacial score (nSPS) is 10.0. The summed E-state index contributed by atoms with van der Waals surface area (Å²) in [7, 11) is 0. The fraction of sp³-hybridized carbons (Fsp3) is 0.333. The van der Waals surface area contributed by atoms with E-state index in [1.807, 2.05) is 30.3 Å². The highest BCUT2D eigenvalue weighted by molar-refractivity contribution is 9.11. The van der Waals surface area contributed by atoms with Crippen LogP contribution in [-0.4, -0.2) is 31.3 Å². The lowest BCUT2D eigenvalue weighted by molar-refractivity contribution is 0.292. The second kappa shape index (κ2) is 12.3. The molecule has 8 heteroatoms. The molecular weight excluding hydrogens is 471 g/mol. The fourth-order valence-corrected chi connectivity index (χ4v) is 3.14. The van der Waals surface area contributed by atoms with Gasteiger partial charge in [-0.25, -0.2) is 0 Å². The van der Waals surface area contributed by atoms with Gasteiger partial charge in [0.05, 0.1) is 13.2 Å². The van der Waals surface area contributed by atoms with E-state index in [1.165, 1.54) is 0 Å². The Labute approximate surface area is 165 Å². The van der Waals surface area contributed by atoms with Crippen LogP contribution in [0.1, 0.15) is 5.76 Å². The first-order chi connectivity index (χ1) is 10.2. The molecule has 23 heavy (non-hydrogen) atoms. The number of benzene rings is 1. The molecule has 0 atom stereocenters. The zero-order valence-corrected chi connectivity index (χ0v) is 17.2. The highest BCUT2D eigenvalue weighted by atomic mass is 79.9. The number of furan rings is 1. The zero-order chi connectivity index (χ0) is 15.1. The lowest BCUT2D eigenvalue weighted by Gasteiger charge is -2.04. The lowest BCUT2D eigenvalue weighted by Crippen LogP contribution is -2.28. The van der Waals surface area contributed by atoms with Gasteiger partial charge in [0.25, 0.3) is 0 Å². The Morgan fingerprint density at radius 3 is 2.39 bits per heavy atom. The summed E-state index contributed by atoms with van der Waals surface area (Å²) in [6.45, 7) is 3.15. The van der Waals surface area contributed by atoms with Crippen molar-refractivity contribution in [2.75, 3.05) is 26.2 Å². The van der Waals surface area contributed by atoms with Crippen LogP contribution in [0.2, 0.25) is 0 Å². The van der Waals surface area contributed by atoms with Crippen LogP contribution >= 0.6 is 56.7 Å². The number of aliphatic hydroxyl groups excluding tert-OH is 1. The maximum Gasteiger partial charge on any atom is 0.135 e. The summed E-state index contributed by atoms with van der Waals surface area (Å²) in [6.07, 6.45) is 0. The summed E-state index contributed by atoms with van der Waals surface area (Å²) in [5.41, 5.74) is 1.04. The van der Waals surface area contributed by atoms with Crippen LogP contribution in [0.4, 0.5) is 0 Å². The van der Waals surface area contributed by atoms with Crippen molar-refractivity contribution in [1.82, 2.24) is 10.6 Å². The van der Waals surface area contributed by atoms with Gasteiger partial charge in [-0.15, -0.1) is 24.8 Å². The van der Waals surface area contributed by atoms with Crippen LogP contribution < -0.4 is 10.6 Å². The molecule has 0 aliphatic heterocycles. The molecule has 2 rings (SSSR count). The van der Waals surface area contributed by atoms with Crippen LogP contribution in [0.25, 0.3) is 11.3 Å². The van der Waals surface area contributed by atoms with Crippen molar-refractivity contribution < 1.29 is 9.52 Å². The average molecular weight is 491 g/mol. The SMILES string of the molecule is Cl.Cl.OCCNCCNCc1ccc(-c2ccc(Br)cc2Br)o1. The number of hydrogen-bond acceptors (Lipinski definition) is 4. The molecule has 2 aromatic rings. The summed E-state index contributed by atoms with van der Waals surface area (Å²) in [5.74, 6) is 1.76. The van der Waals surface area contributed by atoms with Gasteiger partial charge in [0.15, 0.2) is 0 Å². The summed E-state index contributed by atoms with van der Waals surface area (Å²) in [4.78, 5) is 0. The van der Waals surface area contributed by atoms with E-state index < -0.39 is 0 Å². The third-order valence-electron chi connectivity index (χ3n) is 2.92. The number of nitrogens with one attached hydrogen (secondary N) is 2. The molecule has 1 aromatic heterocycles. The molecular formula is C15H20Br2Cl2N2O2. The van der Waals surface area contributed by atoms with E-state index >= 15 is 0 Å². The molecule has 0 bridgehead atoms. The molecule has 0 aliphatic rings. The molecule has 0 saturated carbocycles. The largest absolute Gasteiger partial charge is 0.460 e. The summed E-state index contributed by atoms with van der Waals surface area (Å²) in [5, 5.41) is 15.0. The number of halogens is 4. The Morgan fingerprint density at radius 2 is 1.70 bits per heavy atom. The van der Waals surface area contributed by atoms with Crippen molar-refractivity contribution in [3.63, 3.8) is 0 Å². The molecule has 0 unspecified atom stereocenters. The molecule has 1 heterocycles. The first kappa shape index (κ1) is 22.9. The Morgan fingerprint density at radius 1 is 0.957 bits per heavy atom. The van der Waals surface area contributed by atoms with Crippen LogP contribution in [0.15, 0.2) is 43.7 Å². The van der Waals surface area contributed by atoms with Gasteiger partial charge in [0.2, 0.25) is 0 Å². The molecule has 0 saturated heterocycles. The number of aliphatic hydroxyl groups is 1. The van der Waals surface area contributed by atoms with Crippen molar-refractivity contribution in [3.8, 4) is 11.3 Å². The minimum atomic E-state index is 0. The molecule has 0 amide bonds. The van der Waals surface area contributed by atoms with Crippen molar-refractivity contribution >= 4 is 56.7 Å². The predicted molar refractivity (Wildman–Crippen MR) is 106 cm³/mol. The number of hydrogen-bond donors (Lipinski definition) is 3. The van der Waals surface area contributed by atoms with Gasteiger partial charge in [0.1, 0.15) is 11.5 Å². The van der Waals surface area contributed by atoms with Crippen molar-refractivity contribution in [1.29, 1.82) is 0 Å². The number of rotatable bonds is 8. The van der Waals surface area contributed by atoms with E-state index in [-0.39, 0.29) is 31.4 Å². The lowest BCUT2D eigenvalue weighted by atomic mass is 10.2. The van der Waals surface area contributed by atoms with E-state index in [1.54, 1.807) is 0 Å². The van der Waals surface area contributed by atoms with Crippen molar-refractivity contribution in [2.24, 2.45) is 0 Å². The standard InChI is InChI=1S/C15H18Br2N2O2.2ClH/c16-11-1-3-13(14(17)9-11)15-4-2-12(21-15)10-19-6-5-18-7-8-20;;/h1-4,9,18-20H,5-8,10H2;2*1H. The molecule has 1 aromatic carbocycles. The Kier molecular flexibility index (Phi) is 12.3. The molecule has 0 spiro atoms. The topological polar surface area (TPSA) is 57.4 Å². The van der Waals surface area contributed by atoms with Gasteiger partial charge in [0, 0.05) is 34.1 Å². The second-order valence-electron chi connectivity index (χ2n) is 4.54. The quantitative estimate of drug-likeness (QED) is 0.490. The fourth-order valence-electron chi connectivity index (χ4n) is 1.90. The smallest absolute Gasteiger partial charge is 0.135 e. The van der Waals surface area contributed by atoms with E-state index in [0.717, 1.165) is 39.1 Å². The first-order valence-electron chi connectivity index (χ1n) is 6.77. The third-order valence-corrected chi connectivity index (χ3v) is 4.07. The maximum absolute atomic E-state index is 8.65. The van der Waals surface area contributed by atoms with E-state index in [4.69, 9.17) is 9.52 Å². The highest BCUT2D eigenvalue weighted by Crippen LogP contribution is 2.31. The highest BCUT2D eigenvalue weighted by Gasteiger charge is 2.08. The Balaban J connectivity index is 0.00000242. The molecule has 0 radical (unpaired) electrons. The molecule has 3 N–H and O–H groups in total. The van der Waals surface area contributed by atoms with E-state index in [2.05, 4.69) is 42.5 Å². The van der Waals surface area contributed by atoms with Crippen LogP contribution in [-0.2, 0) is 6.54 Å². The first-order valence-corrected chi connectivity index (χ1v) is 8.35.